The number of rotatable bonds is 6. The molecule has 0 aliphatic heterocycles. The molecule has 6 nitrogen and oxygen atoms in total. The van der Waals surface area contributed by atoms with Crippen LogP contribution in [0.2, 0.25) is 0 Å². The summed E-state index contributed by atoms with van der Waals surface area (Å²) in [5.74, 6) is -2.23. The zero-order valence-corrected chi connectivity index (χ0v) is 11.3. The van der Waals surface area contributed by atoms with Gasteiger partial charge in [0.1, 0.15) is 0 Å². The molecular weight excluding hydrogens is 264 g/mol. The summed E-state index contributed by atoms with van der Waals surface area (Å²) in [7, 11) is 1.25. The maximum absolute atomic E-state index is 11.8. The second-order valence-electron chi connectivity index (χ2n) is 3.93. The molecule has 0 saturated carbocycles. The first-order chi connectivity index (χ1) is 9.51. The highest BCUT2D eigenvalue weighted by Gasteiger charge is 2.20. The van der Waals surface area contributed by atoms with Gasteiger partial charge in [-0.3, -0.25) is 4.79 Å². The van der Waals surface area contributed by atoms with Crippen LogP contribution in [0, 0.1) is 0 Å². The minimum absolute atomic E-state index is 0.00675. The van der Waals surface area contributed by atoms with Gasteiger partial charge in [-0.25, -0.2) is 9.59 Å². The van der Waals surface area contributed by atoms with E-state index in [2.05, 4.69) is 4.74 Å². The summed E-state index contributed by atoms with van der Waals surface area (Å²) in [4.78, 5) is 34.2. The van der Waals surface area contributed by atoms with Crippen molar-refractivity contribution < 1.29 is 29.0 Å². The lowest BCUT2D eigenvalue weighted by Crippen LogP contribution is -2.14. The molecular formula is C14H16O6. The smallest absolute Gasteiger partial charge is 0.338 e. The Morgan fingerprint density at radius 2 is 1.85 bits per heavy atom. The Morgan fingerprint density at radius 3 is 2.40 bits per heavy atom. The number of carbonyl (C=O) groups excluding carboxylic acids is 2. The highest BCUT2D eigenvalue weighted by molar-refractivity contribution is 5.97. The molecule has 0 saturated heterocycles. The van der Waals surface area contributed by atoms with Crippen molar-refractivity contribution in [3.63, 3.8) is 0 Å². The normalized spacial score (nSPS) is 9.90. The lowest BCUT2D eigenvalue weighted by Gasteiger charge is -2.11. The molecule has 0 fully saturated rings. The van der Waals surface area contributed by atoms with Gasteiger partial charge < -0.3 is 14.6 Å². The van der Waals surface area contributed by atoms with Crippen LogP contribution in [0.4, 0.5) is 0 Å². The molecule has 108 valence electrons. The third kappa shape index (κ3) is 3.81. The molecule has 0 spiro atoms. The lowest BCUT2D eigenvalue weighted by atomic mass is 9.97. The maximum atomic E-state index is 11.8. The monoisotopic (exact) mass is 280 g/mol. The topological polar surface area (TPSA) is 89.9 Å². The molecule has 0 aromatic heterocycles. The molecule has 0 unspecified atom stereocenters. The van der Waals surface area contributed by atoms with E-state index in [-0.39, 0.29) is 36.1 Å². The largest absolute Gasteiger partial charge is 0.478 e. The number of carbonyl (C=O) groups is 3. The number of methoxy groups -OCH3 is 1. The Hall–Kier alpha value is -2.37. The fourth-order valence-electron chi connectivity index (χ4n) is 1.79. The van der Waals surface area contributed by atoms with Gasteiger partial charge in [0.25, 0.3) is 0 Å². The molecule has 0 atom stereocenters. The van der Waals surface area contributed by atoms with Gasteiger partial charge in [0.05, 0.1) is 24.8 Å². The molecule has 0 radical (unpaired) electrons. The van der Waals surface area contributed by atoms with Crippen molar-refractivity contribution in [1.82, 2.24) is 0 Å². The maximum Gasteiger partial charge on any atom is 0.338 e. The number of esters is 2. The predicted octanol–water partition coefficient (Wildman–Crippen LogP) is 1.67. The summed E-state index contributed by atoms with van der Waals surface area (Å²) < 4.78 is 9.41. The molecule has 0 amide bonds. The van der Waals surface area contributed by atoms with Crippen molar-refractivity contribution in [1.29, 1.82) is 0 Å². The average Bonchev–Trinajstić information content (AvgIpc) is 2.44. The van der Waals surface area contributed by atoms with Crippen LogP contribution < -0.4 is 0 Å². The van der Waals surface area contributed by atoms with Crippen LogP contribution in [-0.4, -0.2) is 36.7 Å². The Kier molecular flexibility index (Phi) is 5.71. The van der Waals surface area contributed by atoms with Crippen molar-refractivity contribution in [2.45, 2.75) is 19.8 Å². The van der Waals surface area contributed by atoms with Crippen LogP contribution in [0.1, 0.15) is 39.6 Å². The van der Waals surface area contributed by atoms with Crippen LogP contribution in [0.5, 0.6) is 0 Å². The number of aromatic carboxylic acids is 1. The Bertz CT molecular complexity index is 520. The SMILES string of the molecule is CCOC(=O)c1cccc(C(=O)O)c1CCC(=O)OC. The van der Waals surface area contributed by atoms with Gasteiger partial charge in [-0.05, 0) is 31.0 Å². The van der Waals surface area contributed by atoms with E-state index < -0.39 is 17.9 Å². The van der Waals surface area contributed by atoms with E-state index >= 15 is 0 Å². The lowest BCUT2D eigenvalue weighted by molar-refractivity contribution is -0.140. The van der Waals surface area contributed by atoms with E-state index in [1.165, 1.54) is 25.3 Å². The fourth-order valence-corrected chi connectivity index (χ4v) is 1.79. The van der Waals surface area contributed by atoms with Gasteiger partial charge >= 0.3 is 17.9 Å². The van der Waals surface area contributed by atoms with E-state index in [9.17, 15) is 14.4 Å². The number of hydrogen-bond donors (Lipinski definition) is 1. The third-order valence-electron chi connectivity index (χ3n) is 2.71. The molecule has 0 aliphatic carbocycles. The van der Waals surface area contributed by atoms with Crippen LogP contribution >= 0.6 is 0 Å². The number of carboxylic acid groups (broad SMARTS) is 1. The number of carboxylic acids is 1. The van der Waals surface area contributed by atoms with Gasteiger partial charge in [-0.15, -0.1) is 0 Å². The number of benzene rings is 1. The van der Waals surface area contributed by atoms with Crippen molar-refractivity contribution >= 4 is 17.9 Å². The molecule has 1 rings (SSSR count). The molecule has 0 bridgehead atoms. The molecule has 1 aromatic rings. The van der Waals surface area contributed by atoms with E-state index in [0.29, 0.717) is 0 Å². The molecule has 1 N–H and O–H groups in total. The van der Waals surface area contributed by atoms with Gasteiger partial charge in [-0.2, -0.15) is 0 Å². The first-order valence-electron chi connectivity index (χ1n) is 6.10. The quantitative estimate of drug-likeness (QED) is 0.797. The standard InChI is InChI=1S/C14H16O6/c1-3-20-14(18)11-6-4-5-10(13(16)17)9(11)7-8-12(15)19-2/h4-6H,3,7-8H2,1-2H3,(H,16,17). The summed E-state index contributed by atoms with van der Waals surface area (Å²) in [6.07, 6.45) is 0.0937. The van der Waals surface area contributed by atoms with E-state index in [0.717, 1.165) is 0 Å². The van der Waals surface area contributed by atoms with Crippen LogP contribution in [0.3, 0.4) is 0 Å². The van der Waals surface area contributed by atoms with E-state index in [4.69, 9.17) is 9.84 Å². The second kappa shape index (κ2) is 7.28. The van der Waals surface area contributed by atoms with Gasteiger partial charge in [0, 0.05) is 6.42 Å². The minimum Gasteiger partial charge on any atom is -0.478 e. The van der Waals surface area contributed by atoms with Crippen LogP contribution in [-0.2, 0) is 20.7 Å². The summed E-state index contributed by atoms with van der Waals surface area (Å²) in [6, 6.07) is 4.34. The molecule has 0 aliphatic rings. The van der Waals surface area contributed by atoms with Gasteiger partial charge in [0.2, 0.25) is 0 Å². The third-order valence-corrected chi connectivity index (χ3v) is 2.71. The number of hydrogen-bond acceptors (Lipinski definition) is 5. The molecule has 0 heterocycles. The average molecular weight is 280 g/mol. The number of ether oxygens (including phenoxy) is 2. The van der Waals surface area contributed by atoms with E-state index in [1.807, 2.05) is 0 Å². The molecule has 1 aromatic carbocycles. The summed E-state index contributed by atoms with van der Waals surface area (Å²) >= 11 is 0. The Labute approximate surface area is 116 Å². The van der Waals surface area contributed by atoms with Crippen molar-refractivity contribution in [2.75, 3.05) is 13.7 Å². The molecule has 6 heteroatoms. The first-order valence-corrected chi connectivity index (χ1v) is 6.10. The Morgan fingerprint density at radius 1 is 1.20 bits per heavy atom. The van der Waals surface area contributed by atoms with E-state index in [1.54, 1.807) is 6.92 Å². The summed E-state index contributed by atoms with van der Waals surface area (Å²) in [6.45, 7) is 1.85. The summed E-state index contributed by atoms with van der Waals surface area (Å²) in [5.41, 5.74) is 0.430. The highest BCUT2D eigenvalue weighted by atomic mass is 16.5. The minimum atomic E-state index is -1.16. The van der Waals surface area contributed by atoms with Crippen molar-refractivity contribution in [3.05, 3.63) is 34.9 Å². The first kappa shape index (κ1) is 15.7. The predicted molar refractivity (Wildman–Crippen MR) is 69.7 cm³/mol. The second-order valence-corrected chi connectivity index (χ2v) is 3.93. The fraction of sp³-hybridized carbons (Fsp3) is 0.357. The zero-order valence-electron chi connectivity index (χ0n) is 11.3. The van der Waals surface area contributed by atoms with Gasteiger partial charge in [0.15, 0.2) is 0 Å². The highest BCUT2D eigenvalue weighted by Crippen LogP contribution is 2.19. The molecule has 20 heavy (non-hydrogen) atoms. The van der Waals surface area contributed by atoms with Crippen LogP contribution in [0.25, 0.3) is 0 Å². The van der Waals surface area contributed by atoms with Crippen molar-refractivity contribution in [2.24, 2.45) is 0 Å². The van der Waals surface area contributed by atoms with Crippen molar-refractivity contribution in [3.8, 4) is 0 Å². The summed E-state index contributed by atoms with van der Waals surface area (Å²) in [5, 5.41) is 9.16. The zero-order chi connectivity index (χ0) is 15.1. The van der Waals surface area contributed by atoms with Gasteiger partial charge in [-0.1, -0.05) is 6.07 Å². The van der Waals surface area contributed by atoms with Crippen LogP contribution in [0.15, 0.2) is 18.2 Å². The Balaban J connectivity index is 3.16.